The fraction of sp³-hybridized carbons (Fsp3) is 0.133. The van der Waals surface area contributed by atoms with Crippen molar-refractivity contribution in [2.75, 3.05) is 0 Å². The highest BCUT2D eigenvalue weighted by molar-refractivity contribution is 5.93. The molecule has 0 saturated carbocycles. The lowest BCUT2D eigenvalue weighted by atomic mass is 10.2. The van der Waals surface area contributed by atoms with Crippen molar-refractivity contribution in [3.05, 3.63) is 60.0 Å². The number of rotatable bonds is 4. The zero-order valence-corrected chi connectivity index (χ0v) is 12.1. The van der Waals surface area contributed by atoms with E-state index >= 15 is 0 Å². The lowest BCUT2D eigenvalue weighted by Crippen LogP contribution is -2.24. The fourth-order valence-corrected chi connectivity index (χ4v) is 2.08. The smallest absolute Gasteiger partial charge is 0.405 e. The number of para-hydroxylation sites is 1. The highest BCUT2D eigenvalue weighted by Gasteiger charge is 2.32. The number of nitrogens with zero attached hydrogens (tertiary/aromatic N) is 3. The van der Waals surface area contributed by atoms with E-state index in [4.69, 9.17) is 0 Å². The first-order chi connectivity index (χ1) is 11.4. The van der Waals surface area contributed by atoms with Crippen LogP contribution in [0, 0.1) is 0 Å². The third kappa shape index (κ3) is 3.62. The van der Waals surface area contributed by atoms with Crippen LogP contribution in [0.5, 0.6) is 5.75 Å². The average molecular weight is 336 g/mol. The number of carbonyl (C=O) groups excluding carboxylic acids is 1. The molecule has 1 amide bonds. The van der Waals surface area contributed by atoms with Crippen molar-refractivity contribution in [3.63, 3.8) is 0 Å². The summed E-state index contributed by atoms with van der Waals surface area (Å²) < 4.78 is 42.5. The zero-order chi connectivity index (χ0) is 17.2. The number of hydrogen-bond acceptors (Lipinski definition) is 4. The van der Waals surface area contributed by atoms with Crippen LogP contribution in [0.1, 0.15) is 16.1 Å². The summed E-state index contributed by atoms with van der Waals surface area (Å²) in [7, 11) is 0. The molecule has 3 aromatic rings. The number of benzene rings is 1. The van der Waals surface area contributed by atoms with Crippen LogP contribution in [0.4, 0.5) is 13.2 Å². The normalized spacial score (nSPS) is 11.5. The first-order valence-electron chi connectivity index (χ1n) is 6.85. The average Bonchev–Trinajstić information content (AvgIpc) is 2.96. The summed E-state index contributed by atoms with van der Waals surface area (Å²) in [6.07, 6.45) is -1.61. The second kappa shape index (κ2) is 6.19. The molecule has 0 saturated heterocycles. The van der Waals surface area contributed by atoms with Crippen molar-refractivity contribution in [3.8, 4) is 5.75 Å². The third-order valence-corrected chi connectivity index (χ3v) is 3.11. The van der Waals surface area contributed by atoms with Crippen LogP contribution in [0.3, 0.4) is 0 Å². The molecule has 3 rings (SSSR count). The Morgan fingerprint density at radius 3 is 2.79 bits per heavy atom. The largest absolute Gasteiger partial charge is 0.573 e. The number of ether oxygens (including phenoxy) is 1. The Hall–Kier alpha value is -3.10. The summed E-state index contributed by atoms with van der Waals surface area (Å²) in [5, 5.41) is 6.55. The van der Waals surface area contributed by atoms with Crippen LogP contribution in [0.2, 0.25) is 0 Å². The lowest BCUT2D eigenvalue weighted by molar-refractivity contribution is -0.274. The summed E-state index contributed by atoms with van der Waals surface area (Å²) in [6.45, 7) is -0.133. The Labute approximate surface area is 133 Å². The van der Waals surface area contributed by atoms with E-state index in [2.05, 4.69) is 20.1 Å². The standard InChI is InChI=1S/C15H11F3N4O2/c16-15(17,18)24-12-5-2-1-4-10(12)9-20-14(23)11-8-13-19-6-3-7-22(13)21-11/h1-8H,9H2,(H,20,23). The number of amides is 1. The van der Waals surface area contributed by atoms with Gasteiger partial charge in [-0.25, -0.2) is 9.50 Å². The zero-order valence-electron chi connectivity index (χ0n) is 12.1. The monoisotopic (exact) mass is 336 g/mol. The maximum Gasteiger partial charge on any atom is 0.573 e. The number of aromatic nitrogens is 3. The van der Waals surface area contributed by atoms with Gasteiger partial charge in [0.2, 0.25) is 0 Å². The second-order valence-corrected chi connectivity index (χ2v) is 4.79. The van der Waals surface area contributed by atoms with Gasteiger partial charge in [-0.05, 0) is 12.1 Å². The quantitative estimate of drug-likeness (QED) is 0.795. The van der Waals surface area contributed by atoms with Gasteiger partial charge in [0.15, 0.2) is 11.3 Å². The van der Waals surface area contributed by atoms with E-state index in [1.165, 1.54) is 28.8 Å². The molecular weight excluding hydrogens is 325 g/mol. The number of carbonyl (C=O) groups is 1. The van der Waals surface area contributed by atoms with E-state index in [9.17, 15) is 18.0 Å². The second-order valence-electron chi connectivity index (χ2n) is 4.79. The highest BCUT2D eigenvalue weighted by Crippen LogP contribution is 2.26. The Balaban J connectivity index is 1.72. The van der Waals surface area contributed by atoms with Gasteiger partial charge in [0, 0.05) is 30.6 Å². The van der Waals surface area contributed by atoms with Crippen LogP contribution in [-0.2, 0) is 6.54 Å². The summed E-state index contributed by atoms with van der Waals surface area (Å²) >= 11 is 0. The SMILES string of the molecule is O=C(NCc1ccccc1OC(F)(F)F)c1cc2ncccn2n1. The molecule has 0 unspecified atom stereocenters. The van der Waals surface area contributed by atoms with Crippen LogP contribution in [0.15, 0.2) is 48.8 Å². The number of hydrogen-bond donors (Lipinski definition) is 1. The first kappa shape index (κ1) is 15.8. The van der Waals surface area contributed by atoms with Crippen molar-refractivity contribution in [2.45, 2.75) is 12.9 Å². The number of alkyl halides is 3. The van der Waals surface area contributed by atoms with E-state index in [0.717, 1.165) is 0 Å². The predicted molar refractivity (Wildman–Crippen MR) is 77.3 cm³/mol. The van der Waals surface area contributed by atoms with Gasteiger partial charge in [0.25, 0.3) is 5.91 Å². The van der Waals surface area contributed by atoms with E-state index in [1.54, 1.807) is 24.5 Å². The number of halogens is 3. The lowest BCUT2D eigenvalue weighted by Gasteiger charge is -2.13. The van der Waals surface area contributed by atoms with Crippen molar-refractivity contribution >= 4 is 11.6 Å². The summed E-state index contributed by atoms with van der Waals surface area (Å²) in [5.41, 5.74) is 0.802. The molecule has 6 nitrogen and oxygen atoms in total. The van der Waals surface area contributed by atoms with Gasteiger partial charge in [-0.15, -0.1) is 13.2 Å². The van der Waals surface area contributed by atoms with Gasteiger partial charge >= 0.3 is 6.36 Å². The van der Waals surface area contributed by atoms with Crippen LogP contribution in [-0.4, -0.2) is 26.9 Å². The topological polar surface area (TPSA) is 68.5 Å². The van der Waals surface area contributed by atoms with E-state index in [0.29, 0.717) is 5.65 Å². The minimum Gasteiger partial charge on any atom is -0.405 e. The highest BCUT2D eigenvalue weighted by atomic mass is 19.4. The van der Waals surface area contributed by atoms with Crippen molar-refractivity contribution in [2.24, 2.45) is 0 Å². The van der Waals surface area contributed by atoms with Gasteiger partial charge in [0.1, 0.15) is 5.75 Å². The molecule has 0 bridgehead atoms. The summed E-state index contributed by atoms with van der Waals surface area (Å²) in [4.78, 5) is 16.1. The minimum absolute atomic E-state index is 0.114. The molecule has 1 aromatic carbocycles. The molecule has 2 aromatic heterocycles. The predicted octanol–water partition coefficient (Wildman–Crippen LogP) is 2.56. The Kier molecular flexibility index (Phi) is 4.07. The van der Waals surface area contributed by atoms with Gasteiger partial charge in [-0.1, -0.05) is 18.2 Å². The fourth-order valence-electron chi connectivity index (χ4n) is 2.08. The first-order valence-corrected chi connectivity index (χ1v) is 6.85. The molecule has 0 radical (unpaired) electrons. The summed E-state index contributed by atoms with van der Waals surface area (Å²) in [6, 6.07) is 8.73. The van der Waals surface area contributed by atoms with Gasteiger partial charge in [-0.3, -0.25) is 4.79 Å². The molecule has 0 fully saturated rings. The van der Waals surface area contributed by atoms with Crippen molar-refractivity contribution in [1.82, 2.24) is 19.9 Å². The maximum absolute atomic E-state index is 12.4. The molecule has 0 aliphatic heterocycles. The van der Waals surface area contributed by atoms with Crippen LogP contribution >= 0.6 is 0 Å². The molecule has 0 atom stereocenters. The maximum atomic E-state index is 12.4. The van der Waals surface area contributed by atoms with Gasteiger partial charge in [-0.2, -0.15) is 5.10 Å². The van der Waals surface area contributed by atoms with Crippen molar-refractivity contribution in [1.29, 1.82) is 0 Å². The van der Waals surface area contributed by atoms with Crippen LogP contribution in [0.25, 0.3) is 5.65 Å². The van der Waals surface area contributed by atoms with Crippen LogP contribution < -0.4 is 10.1 Å². The molecule has 0 aliphatic rings. The van der Waals surface area contributed by atoms with E-state index < -0.39 is 12.3 Å². The number of fused-ring (bicyclic) bond motifs is 1. The molecule has 2 heterocycles. The summed E-state index contributed by atoms with van der Waals surface area (Å²) in [5.74, 6) is -0.885. The Morgan fingerprint density at radius 2 is 2.04 bits per heavy atom. The Morgan fingerprint density at radius 1 is 1.25 bits per heavy atom. The molecule has 1 N–H and O–H groups in total. The van der Waals surface area contributed by atoms with E-state index in [1.807, 2.05) is 0 Å². The van der Waals surface area contributed by atoms with Crippen molar-refractivity contribution < 1.29 is 22.7 Å². The molecule has 24 heavy (non-hydrogen) atoms. The molecule has 0 aliphatic carbocycles. The molecule has 9 heteroatoms. The van der Waals surface area contributed by atoms with E-state index in [-0.39, 0.29) is 23.6 Å². The van der Waals surface area contributed by atoms with Gasteiger partial charge in [0.05, 0.1) is 0 Å². The molecular formula is C15H11F3N4O2. The Bertz CT molecular complexity index is 843. The molecule has 0 spiro atoms. The third-order valence-electron chi connectivity index (χ3n) is 3.11. The number of nitrogens with one attached hydrogen (secondary N) is 1. The minimum atomic E-state index is -4.80. The molecule has 124 valence electrons. The van der Waals surface area contributed by atoms with Gasteiger partial charge < -0.3 is 10.1 Å².